The van der Waals surface area contributed by atoms with Crippen LogP contribution in [0.5, 0.6) is 0 Å². The number of nitrogens with zero attached hydrogens (tertiary/aromatic N) is 2. The highest BCUT2D eigenvalue weighted by Crippen LogP contribution is 2.28. The van der Waals surface area contributed by atoms with Crippen molar-refractivity contribution in [2.24, 2.45) is 5.73 Å². The van der Waals surface area contributed by atoms with Crippen molar-refractivity contribution in [2.45, 2.75) is 6.04 Å². The number of aromatic nitrogens is 2. The molecule has 19 heavy (non-hydrogen) atoms. The van der Waals surface area contributed by atoms with Crippen LogP contribution in [0.4, 0.5) is 5.82 Å². The van der Waals surface area contributed by atoms with E-state index in [0.29, 0.717) is 16.4 Å². The monoisotopic (exact) mass is 290 g/mol. The summed E-state index contributed by atoms with van der Waals surface area (Å²) >= 11 is 7.57. The van der Waals surface area contributed by atoms with Crippen LogP contribution in [0.15, 0.2) is 36.0 Å². The first kappa shape index (κ1) is 12.3. The molecule has 0 saturated carbocycles. The molecule has 4 nitrogen and oxygen atoms in total. The Morgan fingerprint density at radius 1 is 1.21 bits per heavy atom. The number of nitrogen functional groups attached to an aromatic ring is 1. The summed E-state index contributed by atoms with van der Waals surface area (Å²) in [7, 11) is 0. The molecule has 1 unspecified atom stereocenters. The second-order valence-electron chi connectivity index (χ2n) is 4.18. The minimum absolute atomic E-state index is 0.384. The van der Waals surface area contributed by atoms with Crippen LogP contribution < -0.4 is 11.5 Å². The Morgan fingerprint density at radius 3 is 2.89 bits per heavy atom. The maximum Gasteiger partial charge on any atom is 0.128 e. The largest absolute Gasteiger partial charge is 0.383 e. The number of hydrogen-bond donors (Lipinski definition) is 2. The maximum atomic E-state index is 6.23. The lowest BCUT2D eigenvalue weighted by molar-refractivity contribution is 0.864. The molecular weight excluding hydrogens is 280 g/mol. The van der Waals surface area contributed by atoms with Crippen LogP contribution in [0, 0.1) is 0 Å². The Hall–Kier alpha value is -1.69. The van der Waals surface area contributed by atoms with Gasteiger partial charge in [-0.05, 0) is 29.1 Å². The van der Waals surface area contributed by atoms with Crippen molar-refractivity contribution in [1.29, 1.82) is 0 Å². The third-order valence-corrected chi connectivity index (χ3v) is 3.99. The van der Waals surface area contributed by atoms with E-state index >= 15 is 0 Å². The van der Waals surface area contributed by atoms with E-state index in [0.717, 1.165) is 15.8 Å². The average Bonchev–Trinajstić information content (AvgIpc) is 2.88. The zero-order chi connectivity index (χ0) is 13.4. The summed E-state index contributed by atoms with van der Waals surface area (Å²) in [4.78, 5) is 8.40. The van der Waals surface area contributed by atoms with Gasteiger partial charge in [-0.3, -0.25) is 4.98 Å². The van der Waals surface area contributed by atoms with Crippen molar-refractivity contribution in [3.63, 3.8) is 0 Å². The minimum Gasteiger partial charge on any atom is -0.383 e. The molecule has 0 aliphatic heterocycles. The molecule has 0 bridgehead atoms. The molecule has 0 fully saturated rings. The van der Waals surface area contributed by atoms with E-state index in [1.165, 1.54) is 6.20 Å². The summed E-state index contributed by atoms with van der Waals surface area (Å²) in [5.74, 6) is 0.392. The van der Waals surface area contributed by atoms with Gasteiger partial charge >= 0.3 is 0 Å². The van der Waals surface area contributed by atoms with Gasteiger partial charge in [0.1, 0.15) is 5.82 Å². The quantitative estimate of drug-likeness (QED) is 0.760. The van der Waals surface area contributed by atoms with Crippen LogP contribution in [0.1, 0.15) is 17.2 Å². The van der Waals surface area contributed by atoms with Crippen molar-refractivity contribution in [1.82, 2.24) is 9.97 Å². The van der Waals surface area contributed by atoms with Gasteiger partial charge in [0.2, 0.25) is 0 Å². The normalized spacial score (nSPS) is 12.7. The Balaban J connectivity index is 2.07. The second kappa shape index (κ2) is 4.77. The molecule has 0 radical (unpaired) electrons. The van der Waals surface area contributed by atoms with Gasteiger partial charge in [-0.25, -0.2) is 4.98 Å². The van der Waals surface area contributed by atoms with Crippen LogP contribution in [0.2, 0.25) is 5.02 Å². The van der Waals surface area contributed by atoms with Crippen LogP contribution in [0.3, 0.4) is 0 Å². The number of anilines is 1. The van der Waals surface area contributed by atoms with E-state index in [4.69, 9.17) is 23.1 Å². The molecule has 96 valence electrons. The number of fused-ring (bicyclic) bond motifs is 1. The van der Waals surface area contributed by atoms with Crippen molar-refractivity contribution in [3.05, 3.63) is 52.1 Å². The molecule has 4 N–H and O–H groups in total. The lowest BCUT2D eigenvalue weighted by atomic mass is 10.0. The van der Waals surface area contributed by atoms with Crippen LogP contribution in [-0.4, -0.2) is 9.97 Å². The number of pyridine rings is 2. The van der Waals surface area contributed by atoms with Crippen molar-refractivity contribution in [3.8, 4) is 0 Å². The molecule has 0 amide bonds. The van der Waals surface area contributed by atoms with Crippen molar-refractivity contribution < 1.29 is 0 Å². The van der Waals surface area contributed by atoms with Gasteiger partial charge < -0.3 is 11.5 Å². The smallest absolute Gasteiger partial charge is 0.128 e. The first-order valence-electron chi connectivity index (χ1n) is 5.65. The Kier molecular flexibility index (Phi) is 3.10. The van der Waals surface area contributed by atoms with Gasteiger partial charge in [0.25, 0.3) is 0 Å². The fourth-order valence-corrected chi connectivity index (χ4v) is 2.88. The van der Waals surface area contributed by atoms with E-state index in [1.807, 2.05) is 17.5 Å². The van der Waals surface area contributed by atoms with Gasteiger partial charge in [0.05, 0.1) is 21.3 Å². The third-order valence-electron chi connectivity index (χ3n) is 2.93. The van der Waals surface area contributed by atoms with Crippen LogP contribution >= 0.6 is 22.9 Å². The lowest BCUT2D eigenvalue weighted by Gasteiger charge is -2.14. The summed E-state index contributed by atoms with van der Waals surface area (Å²) in [6, 6.07) is 5.36. The average molecular weight is 291 g/mol. The highest BCUT2D eigenvalue weighted by atomic mass is 35.5. The molecular formula is C13H11ClN4S. The number of hydrogen-bond acceptors (Lipinski definition) is 5. The fraction of sp³-hybridized carbons (Fsp3) is 0.0769. The Morgan fingerprint density at radius 2 is 2.05 bits per heavy atom. The van der Waals surface area contributed by atoms with E-state index in [2.05, 4.69) is 9.97 Å². The van der Waals surface area contributed by atoms with E-state index in [-0.39, 0.29) is 6.04 Å². The zero-order valence-electron chi connectivity index (χ0n) is 9.88. The number of halogens is 1. The summed E-state index contributed by atoms with van der Waals surface area (Å²) < 4.78 is 1.10. The lowest BCUT2D eigenvalue weighted by Crippen LogP contribution is -2.15. The molecule has 1 atom stereocenters. The van der Waals surface area contributed by atoms with Gasteiger partial charge in [0.15, 0.2) is 0 Å². The highest BCUT2D eigenvalue weighted by molar-refractivity contribution is 7.17. The first-order valence-corrected chi connectivity index (χ1v) is 6.90. The van der Waals surface area contributed by atoms with E-state index < -0.39 is 0 Å². The first-order chi connectivity index (χ1) is 9.15. The number of nitrogens with two attached hydrogens (primary N) is 2. The summed E-state index contributed by atoms with van der Waals surface area (Å²) in [5.41, 5.74) is 14.7. The van der Waals surface area contributed by atoms with Gasteiger partial charge in [-0.2, -0.15) is 0 Å². The fourth-order valence-electron chi connectivity index (χ4n) is 1.93. The topological polar surface area (TPSA) is 77.8 Å². The van der Waals surface area contributed by atoms with Gasteiger partial charge in [0, 0.05) is 18.0 Å². The molecule has 6 heteroatoms. The number of rotatable bonds is 2. The molecule has 0 aliphatic carbocycles. The molecule has 3 rings (SSSR count). The summed E-state index contributed by atoms with van der Waals surface area (Å²) in [5, 5.41) is 2.52. The van der Waals surface area contributed by atoms with Gasteiger partial charge in [-0.1, -0.05) is 11.6 Å². The van der Waals surface area contributed by atoms with E-state index in [9.17, 15) is 0 Å². The molecule has 0 saturated heterocycles. The predicted octanol–water partition coefficient (Wildman–Crippen LogP) is 2.98. The molecule has 3 aromatic rings. The van der Waals surface area contributed by atoms with E-state index in [1.54, 1.807) is 23.6 Å². The molecule has 0 spiro atoms. The van der Waals surface area contributed by atoms with Crippen molar-refractivity contribution in [2.75, 3.05) is 5.73 Å². The second-order valence-corrected chi connectivity index (χ2v) is 5.56. The zero-order valence-corrected chi connectivity index (χ0v) is 11.4. The highest BCUT2D eigenvalue weighted by Gasteiger charge is 2.14. The molecule has 3 aromatic heterocycles. The molecule has 0 aromatic carbocycles. The Bertz CT molecular complexity index is 740. The third kappa shape index (κ3) is 2.28. The molecule has 0 aliphatic rings. The SMILES string of the molecule is Nc1ncc(Cl)cc1C(N)c1cnc2ccsc2c1. The minimum atomic E-state index is -0.384. The predicted molar refractivity (Wildman–Crippen MR) is 79.3 cm³/mol. The van der Waals surface area contributed by atoms with Crippen LogP contribution in [-0.2, 0) is 0 Å². The van der Waals surface area contributed by atoms with Crippen molar-refractivity contribution >= 4 is 39.0 Å². The summed E-state index contributed by atoms with van der Waals surface area (Å²) in [6.45, 7) is 0. The Labute approximate surface area is 119 Å². The molecule has 3 heterocycles. The maximum absolute atomic E-state index is 6.23. The standard InChI is InChI=1S/C13H11ClN4S/c14-8-4-9(13(16)18-6-8)12(15)7-3-11-10(17-5-7)1-2-19-11/h1-6,12H,15H2,(H2,16,18). The van der Waals surface area contributed by atoms with Crippen LogP contribution in [0.25, 0.3) is 10.2 Å². The van der Waals surface area contributed by atoms with Gasteiger partial charge in [-0.15, -0.1) is 11.3 Å². The summed E-state index contributed by atoms with van der Waals surface area (Å²) in [6.07, 6.45) is 3.27. The number of thiophene rings is 1.